The van der Waals surface area contributed by atoms with Crippen molar-refractivity contribution in [2.24, 2.45) is 0 Å². The number of ketones is 1. The van der Waals surface area contributed by atoms with E-state index in [4.69, 9.17) is 18.9 Å². The van der Waals surface area contributed by atoms with Crippen LogP contribution in [0, 0.1) is 0 Å². The predicted octanol–water partition coefficient (Wildman–Crippen LogP) is 1.57. The molecule has 0 unspecified atom stereocenters. The summed E-state index contributed by atoms with van der Waals surface area (Å²) in [5.41, 5.74) is 0.469. The van der Waals surface area contributed by atoms with E-state index in [2.05, 4.69) is 0 Å². The molecule has 1 aromatic carbocycles. The number of phenolic OH excluding ortho intramolecular Hbond substituents is 1. The van der Waals surface area contributed by atoms with E-state index in [9.17, 15) is 14.7 Å². The monoisotopic (exact) mass is 296 g/mol. The molecule has 1 aliphatic rings. The Balaban J connectivity index is 2.87. The lowest BCUT2D eigenvalue weighted by molar-refractivity contribution is -0.0818. The molecule has 0 spiro atoms. The largest absolute Gasteiger partial charge is 0.507 e. The Morgan fingerprint density at radius 2 is 2.00 bits per heavy atom. The standard InChI is InChI=1S/C14H16O7/c1-6(15)8-9-10(13(17)21-14(9)20-4)12(19-3)7(5-18-2)11(8)16/h14,16H,5H2,1-4H3/t14-/m1/s1. The van der Waals surface area contributed by atoms with Gasteiger partial charge in [0.2, 0.25) is 6.29 Å². The first-order valence-corrected chi connectivity index (χ1v) is 6.17. The fraction of sp³-hybridized carbons (Fsp3) is 0.429. The summed E-state index contributed by atoms with van der Waals surface area (Å²) >= 11 is 0. The molecule has 2 rings (SSSR count). The van der Waals surface area contributed by atoms with E-state index in [0.29, 0.717) is 0 Å². The lowest BCUT2D eigenvalue weighted by Crippen LogP contribution is -2.10. The number of Topliss-reactive ketones (excluding diaryl/α,β-unsaturated/α-hetero) is 1. The fourth-order valence-corrected chi connectivity index (χ4v) is 2.46. The molecule has 7 nitrogen and oxygen atoms in total. The number of rotatable bonds is 5. The van der Waals surface area contributed by atoms with Gasteiger partial charge in [-0.3, -0.25) is 4.79 Å². The smallest absolute Gasteiger partial charge is 0.345 e. The number of hydrogen-bond acceptors (Lipinski definition) is 7. The average Bonchev–Trinajstić information content (AvgIpc) is 2.76. The van der Waals surface area contributed by atoms with Gasteiger partial charge in [0.1, 0.15) is 17.1 Å². The summed E-state index contributed by atoms with van der Waals surface area (Å²) in [7, 11) is 4.12. The third-order valence-corrected chi connectivity index (χ3v) is 3.28. The quantitative estimate of drug-likeness (QED) is 0.651. The number of fused-ring (bicyclic) bond motifs is 1. The number of aromatic hydroxyl groups is 1. The molecule has 0 aliphatic carbocycles. The van der Waals surface area contributed by atoms with Crippen LogP contribution in [0.25, 0.3) is 0 Å². The Morgan fingerprint density at radius 1 is 1.33 bits per heavy atom. The minimum Gasteiger partial charge on any atom is -0.507 e. The fourth-order valence-electron chi connectivity index (χ4n) is 2.46. The van der Waals surface area contributed by atoms with E-state index >= 15 is 0 Å². The normalized spacial score (nSPS) is 16.6. The minimum atomic E-state index is -1.05. The van der Waals surface area contributed by atoms with Crippen LogP contribution in [-0.2, 0) is 20.8 Å². The molecular weight excluding hydrogens is 280 g/mol. The van der Waals surface area contributed by atoms with Gasteiger partial charge in [-0.05, 0) is 6.92 Å². The molecular formula is C14H16O7. The zero-order valence-electron chi connectivity index (χ0n) is 12.2. The van der Waals surface area contributed by atoms with Crippen LogP contribution in [0.1, 0.15) is 45.1 Å². The van der Waals surface area contributed by atoms with Crippen LogP contribution in [0.2, 0.25) is 0 Å². The first kappa shape index (κ1) is 15.3. The van der Waals surface area contributed by atoms with Crippen molar-refractivity contribution in [3.63, 3.8) is 0 Å². The minimum absolute atomic E-state index is 0.0180. The number of esters is 1. The van der Waals surface area contributed by atoms with Crippen LogP contribution in [0.5, 0.6) is 11.5 Å². The van der Waals surface area contributed by atoms with E-state index < -0.39 is 18.0 Å². The highest BCUT2D eigenvalue weighted by molar-refractivity contribution is 6.06. The summed E-state index contributed by atoms with van der Waals surface area (Å²) < 4.78 is 20.3. The topological polar surface area (TPSA) is 91.3 Å². The Kier molecular flexibility index (Phi) is 4.15. The Hall–Kier alpha value is -2.12. The number of carbonyl (C=O) groups excluding carboxylic acids is 2. The van der Waals surface area contributed by atoms with Gasteiger partial charge in [-0.25, -0.2) is 4.79 Å². The van der Waals surface area contributed by atoms with Gasteiger partial charge >= 0.3 is 5.97 Å². The van der Waals surface area contributed by atoms with Crippen LogP contribution in [-0.4, -0.2) is 38.2 Å². The van der Waals surface area contributed by atoms with E-state index in [0.717, 1.165) is 0 Å². The van der Waals surface area contributed by atoms with Gasteiger partial charge in [-0.15, -0.1) is 0 Å². The highest BCUT2D eigenvalue weighted by Gasteiger charge is 2.41. The average molecular weight is 296 g/mol. The second-order valence-corrected chi connectivity index (χ2v) is 4.49. The molecule has 0 radical (unpaired) electrons. The third-order valence-electron chi connectivity index (χ3n) is 3.28. The summed E-state index contributed by atoms with van der Waals surface area (Å²) in [5.74, 6) is -1.25. The van der Waals surface area contributed by atoms with E-state index in [1.807, 2.05) is 0 Å². The first-order chi connectivity index (χ1) is 9.97. The van der Waals surface area contributed by atoms with E-state index in [1.54, 1.807) is 0 Å². The zero-order chi connectivity index (χ0) is 15.7. The molecule has 1 N–H and O–H groups in total. The molecule has 1 heterocycles. The summed E-state index contributed by atoms with van der Waals surface area (Å²) in [6, 6.07) is 0. The van der Waals surface area contributed by atoms with Crippen molar-refractivity contribution in [3.05, 3.63) is 22.3 Å². The number of cyclic esters (lactones) is 1. The summed E-state index contributed by atoms with van der Waals surface area (Å²) in [4.78, 5) is 23.9. The number of carbonyl (C=O) groups is 2. The van der Waals surface area contributed by atoms with E-state index in [-0.39, 0.29) is 40.4 Å². The van der Waals surface area contributed by atoms with Crippen LogP contribution in [0.15, 0.2) is 0 Å². The van der Waals surface area contributed by atoms with E-state index in [1.165, 1.54) is 28.3 Å². The lowest BCUT2D eigenvalue weighted by Gasteiger charge is -2.17. The Bertz CT molecular complexity index is 606. The van der Waals surface area contributed by atoms with Crippen molar-refractivity contribution in [1.29, 1.82) is 0 Å². The highest BCUT2D eigenvalue weighted by Crippen LogP contribution is 2.46. The van der Waals surface area contributed by atoms with Gasteiger partial charge in [-0.2, -0.15) is 0 Å². The van der Waals surface area contributed by atoms with Crippen LogP contribution in [0.3, 0.4) is 0 Å². The summed E-state index contributed by atoms with van der Waals surface area (Å²) in [5, 5.41) is 10.4. The maximum absolute atomic E-state index is 12.0. The molecule has 21 heavy (non-hydrogen) atoms. The molecule has 0 saturated carbocycles. The van der Waals surface area contributed by atoms with Crippen LogP contribution in [0.4, 0.5) is 0 Å². The van der Waals surface area contributed by atoms with Crippen LogP contribution < -0.4 is 4.74 Å². The van der Waals surface area contributed by atoms with Crippen molar-refractivity contribution in [3.8, 4) is 11.5 Å². The van der Waals surface area contributed by atoms with Gasteiger partial charge < -0.3 is 24.1 Å². The zero-order valence-corrected chi connectivity index (χ0v) is 12.2. The van der Waals surface area contributed by atoms with Crippen molar-refractivity contribution in [2.45, 2.75) is 19.8 Å². The number of hydrogen-bond donors (Lipinski definition) is 1. The number of phenols is 1. The molecule has 0 fully saturated rings. The Labute approximate surface area is 121 Å². The molecule has 1 aromatic rings. The molecule has 0 bridgehead atoms. The highest BCUT2D eigenvalue weighted by atomic mass is 16.7. The second-order valence-electron chi connectivity index (χ2n) is 4.49. The van der Waals surface area contributed by atoms with Crippen molar-refractivity contribution >= 4 is 11.8 Å². The predicted molar refractivity (Wildman–Crippen MR) is 70.5 cm³/mol. The van der Waals surface area contributed by atoms with Gasteiger partial charge in [0.25, 0.3) is 0 Å². The van der Waals surface area contributed by atoms with Gasteiger partial charge in [-0.1, -0.05) is 0 Å². The van der Waals surface area contributed by atoms with Crippen molar-refractivity contribution in [1.82, 2.24) is 0 Å². The Morgan fingerprint density at radius 3 is 2.48 bits per heavy atom. The van der Waals surface area contributed by atoms with Gasteiger partial charge in [0.15, 0.2) is 5.78 Å². The third kappa shape index (κ3) is 2.24. The molecule has 1 aliphatic heterocycles. The molecule has 0 saturated heterocycles. The molecule has 7 heteroatoms. The van der Waals surface area contributed by atoms with Crippen LogP contribution >= 0.6 is 0 Å². The number of methoxy groups -OCH3 is 3. The maximum atomic E-state index is 12.0. The van der Waals surface area contributed by atoms with Gasteiger partial charge in [0.05, 0.1) is 30.4 Å². The maximum Gasteiger partial charge on any atom is 0.345 e. The van der Waals surface area contributed by atoms with Crippen molar-refractivity contribution < 1.29 is 33.6 Å². The molecule has 0 aromatic heterocycles. The number of ether oxygens (including phenoxy) is 4. The first-order valence-electron chi connectivity index (χ1n) is 6.17. The molecule has 114 valence electrons. The number of benzene rings is 1. The molecule has 0 amide bonds. The summed E-state index contributed by atoms with van der Waals surface area (Å²) in [6.07, 6.45) is -1.05. The molecule has 1 atom stereocenters. The van der Waals surface area contributed by atoms with Crippen molar-refractivity contribution in [2.75, 3.05) is 21.3 Å². The summed E-state index contributed by atoms with van der Waals surface area (Å²) in [6.45, 7) is 1.27. The SMILES string of the molecule is COCc1c(O)c(C(C)=O)c2c(c1OC)C(=O)O[C@H]2OC. The lowest BCUT2D eigenvalue weighted by atomic mass is 9.93. The van der Waals surface area contributed by atoms with Gasteiger partial charge in [0, 0.05) is 14.2 Å². The second kappa shape index (κ2) is 5.71.